The Kier molecular flexibility index (Phi) is 3.49. The zero-order chi connectivity index (χ0) is 14.4. The molecule has 1 saturated carbocycles. The second kappa shape index (κ2) is 5.23. The Balaban J connectivity index is 1.42. The lowest BCUT2D eigenvalue weighted by molar-refractivity contribution is 0.248. The molecule has 0 aromatic rings. The number of hydrogen-bond acceptors (Lipinski definition) is 6. The van der Waals surface area contributed by atoms with Crippen molar-refractivity contribution in [3.05, 3.63) is 11.1 Å². The molecule has 1 aliphatic carbocycles. The van der Waals surface area contributed by atoms with E-state index in [2.05, 4.69) is 34.5 Å². The Morgan fingerprint density at radius 1 is 1.48 bits per heavy atom. The largest absolute Gasteiger partial charge is 0.358 e. The van der Waals surface area contributed by atoms with Crippen molar-refractivity contribution >= 4 is 33.9 Å². The fraction of sp³-hybridized carbons (Fsp3) is 0.733. The first-order valence-corrected chi connectivity index (χ1v) is 9.65. The van der Waals surface area contributed by atoms with E-state index in [1.165, 1.54) is 36.5 Å². The third-order valence-corrected chi connectivity index (χ3v) is 6.36. The molecular formula is C15H22N4S2. The molecule has 21 heavy (non-hydrogen) atoms. The van der Waals surface area contributed by atoms with Crippen LogP contribution in [0, 0.1) is 0 Å². The average Bonchev–Trinajstić information content (AvgIpc) is 3.00. The summed E-state index contributed by atoms with van der Waals surface area (Å²) in [7, 11) is 0. The molecule has 0 amide bonds. The summed E-state index contributed by atoms with van der Waals surface area (Å²) in [5, 5.41) is 8.13. The first kappa shape index (κ1) is 14.0. The molecule has 0 unspecified atom stereocenters. The highest BCUT2D eigenvalue weighted by molar-refractivity contribution is 8.17. The smallest absolute Gasteiger partial charge is 0.168 e. The Morgan fingerprint density at radius 3 is 3.19 bits per heavy atom. The summed E-state index contributed by atoms with van der Waals surface area (Å²) >= 11 is 3.64. The van der Waals surface area contributed by atoms with Crippen LogP contribution in [0.5, 0.6) is 0 Å². The molecule has 0 spiro atoms. The van der Waals surface area contributed by atoms with Crippen molar-refractivity contribution in [2.45, 2.75) is 57.2 Å². The molecule has 2 atom stereocenters. The van der Waals surface area contributed by atoms with Gasteiger partial charge in [-0.25, -0.2) is 0 Å². The zero-order valence-electron chi connectivity index (χ0n) is 12.6. The van der Waals surface area contributed by atoms with Gasteiger partial charge in [0.25, 0.3) is 0 Å². The molecule has 114 valence electrons. The van der Waals surface area contributed by atoms with Crippen molar-refractivity contribution in [2.24, 2.45) is 9.98 Å². The molecular weight excluding hydrogens is 300 g/mol. The van der Waals surface area contributed by atoms with Gasteiger partial charge in [0.2, 0.25) is 0 Å². The van der Waals surface area contributed by atoms with Gasteiger partial charge in [-0.3, -0.25) is 9.98 Å². The summed E-state index contributed by atoms with van der Waals surface area (Å²) in [4.78, 5) is 12.0. The lowest BCUT2D eigenvalue weighted by Crippen LogP contribution is -2.45. The normalized spacial score (nSPS) is 33.0. The first-order chi connectivity index (χ1) is 10.1. The van der Waals surface area contributed by atoms with Gasteiger partial charge in [0, 0.05) is 17.5 Å². The molecule has 3 heterocycles. The van der Waals surface area contributed by atoms with Crippen molar-refractivity contribution in [3.63, 3.8) is 0 Å². The summed E-state index contributed by atoms with van der Waals surface area (Å²) < 4.78 is 0. The van der Waals surface area contributed by atoms with Crippen molar-refractivity contribution in [2.75, 3.05) is 12.3 Å². The fourth-order valence-electron chi connectivity index (χ4n) is 3.45. The van der Waals surface area contributed by atoms with E-state index in [4.69, 9.17) is 4.99 Å². The molecule has 4 rings (SSSR count). The molecule has 0 aromatic heterocycles. The highest BCUT2D eigenvalue weighted by atomic mass is 32.2. The maximum absolute atomic E-state index is 4.92. The van der Waals surface area contributed by atoms with Gasteiger partial charge in [-0.1, -0.05) is 23.5 Å². The summed E-state index contributed by atoms with van der Waals surface area (Å²) in [5.41, 5.74) is 1.54. The van der Waals surface area contributed by atoms with Crippen LogP contribution in [0.25, 0.3) is 0 Å². The average molecular weight is 323 g/mol. The molecule has 1 N–H and O–H groups in total. The van der Waals surface area contributed by atoms with Crippen LogP contribution >= 0.6 is 23.5 Å². The summed E-state index contributed by atoms with van der Waals surface area (Å²) in [6.07, 6.45) is 5.19. The minimum atomic E-state index is 0.121. The van der Waals surface area contributed by atoms with Crippen LogP contribution in [-0.2, 0) is 0 Å². The number of fused-ring (bicyclic) bond motifs is 4. The van der Waals surface area contributed by atoms with Crippen molar-refractivity contribution < 1.29 is 0 Å². The first-order valence-electron chi connectivity index (χ1n) is 7.79. The van der Waals surface area contributed by atoms with Crippen LogP contribution in [0.4, 0.5) is 0 Å². The number of nitrogens with one attached hydrogen (secondary N) is 1. The van der Waals surface area contributed by atoms with E-state index < -0.39 is 0 Å². The van der Waals surface area contributed by atoms with Gasteiger partial charge in [0.15, 0.2) is 10.3 Å². The maximum Gasteiger partial charge on any atom is 0.168 e. The van der Waals surface area contributed by atoms with Gasteiger partial charge >= 0.3 is 0 Å². The molecule has 0 radical (unpaired) electrons. The summed E-state index contributed by atoms with van der Waals surface area (Å²) in [6.45, 7) is 5.28. The zero-order valence-corrected chi connectivity index (χ0v) is 14.3. The number of aliphatic imine (C=N–C) groups is 2. The standard InChI is InChI=1S/C15H22N4S2/c1-15(2)9-16-13(18-15)20-7-12-8-21-14-17-10-4-3-5-11(6-10)19(12)14/h8,10-11H,3-7,9H2,1-2H3,(H,16,18)/t10-,11-/m0/s1. The van der Waals surface area contributed by atoms with Crippen LogP contribution < -0.4 is 5.32 Å². The van der Waals surface area contributed by atoms with E-state index in [0.717, 1.165) is 17.5 Å². The number of rotatable bonds is 2. The van der Waals surface area contributed by atoms with Gasteiger partial charge in [-0.2, -0.15) is 0 Å². The molecule has 0 aromatic carbocycles. The monoisotopic (exact) mass is 322 g/mol. The second-order valence-electron chi connectivity index (χ2n) is 6.90. The van der Waals surface area contributed by atoms with Gasteiger partial charge in [0.05, 0.1) is 18.1 Å². The molecule has 4 nitrogen and oxygen atoms in total. The SMILES string of the molecule is CC1(C)CN=C(SCC2=CSC3=N[C@H]4CCC[C@@H](C4)N23)N1. The second-order valence-corrected chi connectivity index (χ2v) is 8.70. The minimum Gasteiger partial charge on any atom is -0.358 e. The topological polar surface area (TPSA) is 40.0 Å². The highest BCUT2D eigenvalue weighted by Crippen LogP contribution is 2.40. The van der Waals surface area contributed by atoms with Crippen molar-refractivity contribution in [1.82, 2.24) is 10.2 Å². The van der Waals surface area contributed by atoms with Crippen LogP contribution in [0.15, 0.2) is 21.1 Å². The van der Waals surface area contributed by atoms with Gasteiger partial charge in [-0.15, -0.1) is 0 Å². The lowest BCUT2D eigenvalue weighted by Gasteiger charge is -2.40. The number of amidine groups is 2. The lowest BCUT2D eigenvalue weighted by atomic mass is 9.89. The van der Waals surface area contributed by atoms with Gasteiger partial charge in [-0.05, 0) is 44.9 Å². The van der Waals surface area contributed by atoms with E-state index in [1.54, 1.807) is 0 Å². The van der Waals surface area contributed by atoms with Crippen molar-refractivity contribution in [3.8, 4) is 0 Å². The third kappa shape index (κ3) is 2.72. The number of thioether (sulfide) groups is 2. The molecule has 6 heteroatoms. The van der Waals surface area contributed by atoms with Crippen molar-refractivity contribution in [1.29, 1.82) is 0 Å². The van der Waals surface area contributed by atoms with Gasteiger partial charge < -0.3 is 10.2 Å². The highest BCUT2D eigenvalue weighted by Gasteiger charge is 2.38. The predicted octanol–water partition coefficient (Wildman–Crippen LogP) is 3.03. The summed E-state index contributed by atoms with van der Waals surface area (Å²) in [5.74, 6) is 0.995. The van der Waals surface area contributed by atoms with Crippen LogP contribution in [0.2, 0.25) is 0 Å². The van der Waals surface area contributed by atoms with Crippen LogP contribution in [0.1, 0.15) is 39.5 Å². The maximum atomic E-state index is 4.92. The van der Waals surface area contributed by atoms with E-state index in [9.17, 15) is 0 Å². The quantitative estimate of drug-likeness (QED) is 0.848. The summed E-state index contributed by atoms with van der Waals surface area (Å²) in [6, 6.07) is 1.28. The molecule has 3 aliphatic heterocycles. The van der Waals surface area contributed by atoms with E-state index >= 15 is 0 Å². The van der Waals surface area contributed by atoms with E-state index in [0.29, 0.717) is 12.1 Å². The predicted molar refractivity (Wildman–Crippen MR) is 93.0 cm³/mol. The molecule has 1 fully saturated rings. The Labute approximate surface area is 134 Å². The minimum absolute atomic E-state index is 0.121. The van der Waals surface area contributed by atoms with Crippen LogP contribution in [-0.4, -0.2) is 45.2 Å². The Hall–Kier alpha value is -0.620. The number of nitrogens with zero attached hydrogens (tertiary/aromatic N) is 3. The van der Waals surface area contributed by atoms with E-state index in [-0.39, 0.29) is 5.54 Å². The Bertz CT molecular complexity index is 538. The number of hydrogen-bond donors (Lipinski definition) is 1. The Morgan fingerprint density at radius 2 is 2.38 bits per heavy atom. The van der Waals surface area contributed by atoms with E-state index in [1.807, 2.05) is 23.5 Å². The molecule has 4 aliphatic rings. The third-order valence-electron chi connectivity index (χ3n) is 4.51. The molecule has 0 saturated heterocycles. The van der Waals surface area contributed by atoms with Gasteiger partial charge in [0.1, 0.15) is 0 Å². The van der Waals surface area contributed by atoms with Crippen LogP contribution in [0.3, 0.4) is 0 Å². The molecule has 2 bridgehead atoms. The fourth-order valence-corrected chi connectivity index (χ4v) is 5.60.